The Morgan fingerprint density at radius 2 is 2.00 bits per heavy atom. The summed E-state index contributed by atoms with van der Waals surface area (Å²) in [5, 5.41) is 31.5. The van der Waals surface area contributed by atoms with E-state index < -0.39 is 53.8 Å². The lowest BCUT2D eigenvalue weighted by Gasteiger charge is -2.33. The number of hydrazone groups is 1. The number of thiazole rings is 1. The predicted octanol–water partition coefficient (Wildman–Crippen LogP) is -0.161. The number of nitrogens with one attached hydrogen (secondary N) is 1. The van der Waals surface area contributed by atoms with Crippen LogP contribution in [0.25, 0.3) is 11.3 Å². The van der Waals surface area contributed by atoms with Gasteiger partial charge in [-0.15, -0.1) is 16.3 Å². The Kier molecular flexibility index (Phi) is 12.5. The topological polar surface area (TPSA) is 172 Å². The first-order valence-electron chi connectivity index (χ1n) is 14.8. The molecule has 3 atom stereocenters. The third-order valence-corrected chi connectivity index (χ3v) is 8.93. The van der Waals surface area contributed by atoms with Gasteiger partial charge in [0.1, 0.15) is 30.4 Å². The number of rotatable bonds is 12. The lowest BCUT2D eigenvalue weighted by Crippen LogP contribution is -3.00. The average molecular weight is 807 g/mol. The third-order valence-electron chi connectivity index (χ3n) is 7.90. The number of hydrogen-bond acceptors (Lipinski definition) is 13. The first kappa shape index (κ1) is 37.4. The molecular weight excluding hydrogens is 775 g/mol. The molecule has 2 amide bonds. The summed E-state index contributed by atoms with van der Waals surface area (Å²) in [5.74, 6) is -3.48. The molecule has 1 radical (unpaired) electrons. The van der Waals surface area contributed by atoms with E-state index in [1.165, 1.54) is 22.7 Å². The van der Waals surface area contributed by atoms with Gasteiger partial charge in [0.2, 0.25) is 5.91 Å². The maximum absolute atomic E-state index is 15.2. The molecule has 0 bridgehead atoms. The molecule has 2 N–H and O–H groups in total. The molecule has 17 heteroatoms. The van der Waals surface area contributed by atoms with Gasteiger partial charge in [-0.3, -0.25) is 9.59 Å². The van der Waals surface area contributed by atoms with Gasteiger partial charge in [-0.2, -0.15) is 5.26 Å². The van der Waals surface area contributed by atoms with E-state index >= 15 is 4.39 Å². The predicted molar refractivity (Wildman–Crippen MR) is 169 cm³/mol. The van der Waals surface area contributed by atoms with Gasteiger partial charge in [-0.05, 0) is 43.8 Å². The number of imide groups is 1. The molecular formula is C32H31F2IN7O6S. The Bertz CT molecular complexity index is 1800. The van der Waals surface area contributed by atoms with Gasteiger partial charge in [0.25, 0.3) is 6.34 Å². The molecule has 2 aliphatic heterocycles. The first-order valence-corrected chi connectivity index (χ1v) is 15.7. The van der Waals surface area contributed by atoms with Crippen LogP contribution in [0.2, 0.25) is 0 Å². The highest BCUT2D eigenvalue weighted by atomic mass is 127. The summed E-state index contributed by atoms with van der Waals surface area (Å²) < 4.78 is 40.0. The van der Waals surface area contributed by atoms with Crippen molar-refractivity contribution in [3.8, 4) is 17.3 Å². The van der Waals surface area contributed by atoms with Crippen molar-refractivity contribution in [3.05, 3.63) is 75.6 Å². The van der Waals surface area contributed by atoms with Crippen molar-refractivity contribution in [1.82, 2.24) is 25.2 Å². The number of aromatic nitrogens is 1. The number of ether oxygens (including phenoxy) is 2. The zero-order valence-electron chi connectivity index (χ0n) is 26.3. The van der Waals surface area contributed by atoms with Gasteiger partial charge in [0.15, 0.2) is 6.61 Å². The Labute approximate surface area is 301 Å². The lowest BCUT2D eigenvalue weighted by molar-refractivity contribution is -0.145. The second-order valence-electron chi connectivity index (χ2n) is 11.1. The van der Waals surface area contributed by atoms with Crippen molar-refractivity contribution < 1.29 is 61.7 Å². The number of nitriles is 1. The molecule has 2 aliphatic rings. The van der Waals surface area contributed by atoms with Crippen LogP contribution < -0.4 is 34.3 Å². The Morgan fingerprint density at radius 1 is 1.24 bits per heavy atom. The minimum Gasteiger partial charge on any atom is -1.00 e. The number of aliphatic hydroxyl groups is 1. The van der Waals surface area contributed by atoms with E-state index in [-0.39, 0.29) is 61.5 Å². The van der Waals surface area contributed by atoms with E-state index in [4.69, 9.17) is 14.7 Å². The average Bonchev–Trinajstić information content (AvgIpc) is 3.84. The number of carbonyl (C=O) groups excluding carboxylic acids is 3. The number of amides is 2. The van der Waals surface area contributed by atoms with Crippen LogP contribution in [0.3, 0.4) is 0 Å². The molecule has 5 rings (SSSR count). The van der Waals surface area contributed by atoms with Crippen LogP contribution in [0.1, 0.15) is 41.8 Å². The quantitative estimate of drug-likeness (QED) is 0.185. The van der Waals surface area contributed by atoms with E-state index in [1.807, 2.05) is 0 Å². The summed E-state index contributed by atoms with van der Waals surface area (Å²) in [6.07, 6.45) is 0.664. The van der Waals surface area contributed by atoms with Gasteiger partial charge >= 0.3 is 17.9 Å². The fraction of sp³-hybridized carbons (Fsp3) is 0.344. The maximum atomic E-state index is 15.2. The summed E-state index contributed by atoms with van der Waals surface area (Å²) in [5.41, 5.74) is -0.600. The van der Waals surface area contributed by atoms with Gasteiger partial charge < -0.3 is 43.9 Å². The third kappa shape index (κ3) is 8.62. The van der Waals surface area contributed by atoms with Gasteiger partial charge in [-0.1, -0.05) is 24.0 Å². The number of benzene rings is 2. The smallest absolute Gasteiger partial charge is 0.417 e. The minimum absolute atomic E-state index is 0. The van der Waals surface area contributed by atoms with Crippen LogP contribution in [-0.4, -0.2) is 89.5 Å². The number of halogens is 3. The second-order valence-corrected chi connectivity index (χ2v) is 12.0. The molecule has 1 aromatic heterocycles. The molecule has 3 heterocycles. The molecule has 0 spiro atoms. The van der Waals surface area contributed by atoms with Crippen LogP contribution >= 0.6 is 11.3 Å². The van der Waals surface area contributed by atoms with Crippen molar-refractivity contribution in [2.24, 2.45) is 5.10 Å². The Balaban J connectivity index is 0.00000541. The molecule has 1 unspecified atom stereocenters. The summed E-state index contributed by atoms with van der Waals surface area (Å²) in [7, 11) is 1.58. The number of aliphatic imine (C=N–C) groups is 1. The molecule has 13 nitrogen and oxygen atoms in total. The van der Waals surface area contributed by atoms with Crippen molar-refractivity contribution in [2.75, 3.05) is 33.4 Å². The maximum Gasteiger partial charge on any atom is 0.417 e. The van der Waals surface area contributed by atoms with Crippen LogP contribution in [0.4, 0.5) is 13.6 Å². The number of esters is 1. The fourth-order valence-corrected chi connectivity index (χ4v) is 6.25. The second kappa shape index (κ2) is 16.3. The number of β-amino-alcohol motifs (C(OH)–C–C–N with tert-alkyl or cyclic N) is 1. The first-order chi connectivity index (χ1) is 23.0. The number of likely N-dealkylation sites (N-methyl/N-ethyl adjacent to an activating group) is 1. The van der Waals surface area contributed by atoms with Crippen LogP contribution in [-0.2, 0) is 24.7 Å². The van der Waals surface area contributed by atoms with E-state index in [0.29, 0.717) is 22.7 Å². The lowest BCUT2D eigenvalue weighted by atomic mass is 9.81. The summed E-state index contributed by atoms with van der Waals surface area (Å²) in [6, 6.07) is 10.9. The monoisotopic (exact) mass is 806 g/mol. The van der Waals surface area contributed by atoms with Crippen LogP contribution in [0, 0.1) is 23.0 Å². The fourth-order valence-electron chi connectivity index (χ4n) is 5.28. The van der Waals surface area contributed by atoms with Gasteiger partial charge in [0.05, 0.1) is 34.9 Å². The largest absolute Gasteiger partial charge is 1.00 e. The molecule has 1 fully saturated rings. The number of hydrogen-bond donors (Lipinski definition) is 2. The molecule has 3 aromatic rings. The normalized spacial score (nSPS) is 17.2. The zero-order valence-corrected chi connectivity index (χ0v) is 29.3. The molecule has 257 valence electrons. The van der Waals surface area contributed by atoms with Crippen LogP contribution in [0.5, 0.6) is 0 Å². The summed E-state index contributed by atoms with van der Waals surface area (Å²) >= 11 is 1.22. The molecule has 0 saturated carbocycles. The zero-order chi connectivity index (χ0) is 34.4. The molecule has 49 heavy (non-hydrogen) atoms. The number of nitrogens with zero attached hydrogens (tertiary/aromatic N) is 6. The van der Waals surface area contributed by atoms with Crippen LogP contribution in [0.15, 0.2) is 52.9 Å². The number of carbonyl (C=O) groups is 3. The summed E-state index contributed by atoms with van der Waals surface area (Å²) in [4.78, 5) is 46.6. The number of likely N-dealkylation sites (tertiary alicyclic amines) is 1. The number of amidine groups is 1. The SMILES string of the molecule is CNCC(=O)OCC1CCC(=O)N1C(=O)OCC1=NN(C[C@](O)(c2cc(F)ccc2F)[C@@H](C)c2nc(-c3ccc(C#N)cc3)cs2)C=[N+]1.[I-]. The Morgan fingerprint density at radius 3 is 2.71 bits per heavy atom. The van der Waals surface area contributed by atoms with E-state index in [1.54, 1.807) is 43.6 Å². The van der Waals surface area contributed by atoms with Crippen molar-refractivity contribution in [1.29, 1.82) is 5.26 Å². The van der Waals surface area contributed by atoms with Crippen molar-refractivity contribution in [2.45, 2.75) is 37.3 Å². The Hall–Kier alpha value is -4.38. The van der Waals surface area contributed by atoms with Crippen molar-refractivity contribution >= 4 is 41.5 Å². The molecule has 0 aliphatic carbocycles. The summed E-state index contributed by atoms with van der Waals surface area (Å²) in [6.45, 7) is 0.611. The highest BCUT2D eigenvalue weighted by Crippen LogP contribution is 2.41. The molecule has 1 saturated heterocycles. The van der Waals surface area contributed by atoms with Gasteiger partial charge in [-0.25, -0.2) is 23.5 Å². The van der Waals surface area contributed by atoms with E-state index in [9.17, 15) is 23.9 Å². The highest BCUT2D eigenvalue weighted by Gasteiger charge is 2.46. The minimum atomic E-state index is -2.08. The van der Waals surface area contributed by atoms with Crippen molar-refractivity contribution in [3.63, 3.8) is 0 Å². The highest BCUT2D eigenvalue weighted by molar-refractivity contribution is 7.10. The van der Waals surface area contributed by atoms with E-state index in [0.717, 1.165) is 28.7 Å². The van der Waals surface area contributed by atoms with Gasteiger partial charge in [0, 0.05) is 33.9 Å². The molecule has 2 aromatic carbocycles. The standard InChI is InChI=1S/C32H31F2N7O6S.HI/c1-19(30-38-26(16-48-30)21-5-3-20(12-35)4-6-21)32(45,24-11-22(33)7-9-25(24)34)17-40-18-37-27(39-40)15-47-31(44)41-23(8-10-28(41)42)14-46-29(43)13-36-2;/h3-7,9,11,16,18-19,23,36,45H,8,10,13-15,17H2,1-2H3;1H/q+1;/p-1/t19-,23?,32+;/m0./s1. The van der Waals surface area contributed by atoms with E-state index in [2.05, 4.69) is 26.5 Å².